The van der Waals surface area contributed by atoms with Crippen molar-refractivity contribution in [1.82, 2.24) is 5.32 Å². The summed E-state index contributed by atoms with van der Waals surface area (Å²) in [6.45, 7) is 10.8. The first kappa shape index (κ1) is 8.63. The lowest BCUT2D eigenvalue weighted by Crippen LogP contribution is -2.22. The van der Waals surface area contributed by atoms with Gasteiger partial charge in [-0.15, -0.1) is 0 Å². The first-order valence-electron chi connectivity index (χ1n) is 4.56. The Bertz CT molecular complexity index is 145. The van der Waals surface area contributed by atoms with Gasteiger partial charge in [-0.3, -0.25) is 0 Å². The highest BCUT2D eigenvalue weighted by atomic mass is 15.0. The zero-order chi connectivity index (χ0) is 8.43. The molecule has 0 heterocycles. The highest BCUT2D eigenvalue weighted by Crippen LogP contribution is 2.24. The Hall–Kier alpha value is -0.460. The van der Waals surface area contributed by atoms with Crippen molar-refractivity contribution in [3.63, 3.8) is 0 Å². The minimum Gasteiger partial charge on any atom is -0.386 e. The second kappa shape index (κ2) is 3.29. The van der Waals surface area contributed by atoms with Gasteiger partial charge in [-0.1, -0.05) is 27.4 Å². The summed E-state index contributed by atoms with van der Waals surface area (Å²) in [5, 5.41) is 3.44. The lowest BCUT2D eigenvalue weighted by Gasteiger charge is -2.19. The monoisotopic (exact) mass is 153 g/mol. The summed E-state index contributed by atoms with van der Waals surface area (Å²) in [6, 6.07) is 0.753. The summed E-state index contributed by atoms with van der Waals surface area (Å²) in [5.74, 6) is 1.31. The van der Waals surface area contributed by atoms with Gasteiger partial charge in [0.2, 0.25) is 0 Å². The average molecular weight is 153 g/mol. The molecule has 1 N–H and O–H groups in total. The van der Waals surface area contributed by atoms with Crippen LogP contribution < -0.4 is 5.32 Å². The average Bonchev–Trinajstić information content (AvgIpc) is 2.69. The summed E-state index contributed by atoms with van der Waals surface area (Å²) < 4.78 is 0. The molecule has 0 aromatic heterocycles. The van der Waals surface area contributed by atoms with Crippen LogP contribution in [0.15, 0.2) is 12.3 Å². The van der Waals surface area contributed by atoms with Gasteiger partial charge in [0.1, 0.15) is 0 Å². The van der Waals surface area contributed by atoms with Crippen LogP contribution in [-0.2, 0) is 0 Å². The van der Waals surface area contributed by atoms with Crippen molar-refractivity contribution in [2.45, 2.75) is 39.7 Å². The number of nitrogens with one attached hydrogen (secondary N) is 1. The summed E-state index contributed by atoms with van der Waals surface area (Å²) in [6.07, 6.45) is 2.67. The van der Waals surface area contributed by atoms with Gasteiger partial charge in [-0.25, -0.2) is 0 Å². The van der Waals surface area contributed by atoms with E-state index in [1.165, 1.54) is 18.5 Å². The van der Waals surface area contributed by atoms with Gasteiger partial charge >= 0.3 is 0 Å². The molecule has 0 aromatic rings. The van der Waals surface area contributed by atoms with Gasteiger partial charge in [0.05, 0.1) is 0 Å². The van der Waals surface area contributed by atoms with Crippen LogP contribution in [0.3, 0.4) is 0 Å². The summed E-state index contributed by atoms with van der Waals surface area (Å²) in [4.78, 5) is 0. The largest absolute Gasteiger partial charge is 0.386 e. The fourth-order valence-electron chi connectivity index (χ4n) is 1.02. The maximum absolute atomic E-state index is 4.04. The third-order valence-electron chi connectivity index (χ3n) is 2.52. The fraction of sp³-hybridized carbons (Fsp3) is 0.800. The molecular formula is C10H19N. The number of hydrogen-bond acceptors (Lipinski definition) is 1. The van der Waals surface area contributed by atoms with Crippen molar-refractivity contribution in [2.24, 2.45) is 11.8 Å². The summed E-state index contributed by atoms with van der Waals surface area (Å²) in [5.41, 5.74) is 1.22. The molecular weight excluding hydrogens is 134 g/mol. The highest BCUT2D eigenvalue weighted by molar-refractivity contribution is 5.02. The minimum atomic E-state index is 0.607. The fourth-order valence-corrected chi connectivity index (χ4v) is 1.02. The molecule has 0 radical (unpaired) electrons. The van der Waals surface area contributed by atoms with E-state index in [2.05, 4.69) is 32.7 Å². The van der Waals surface area contributed by atoms with Crippen molar-refractivity contribution in [1.29, 1.82) is 0 Å². The molecule has 1 nitrogen and oxygen atoms in total. The standard InChI is InChI=1S/C10H19N/c1-7(2)8(3)9(4)11-10-5-6-10/h7-8,10-11H,4-6H2,1-3H3. The Morgan fingerprint density at radius 1 is 1.36 bits per heavy atom. The molecule has 1 aliphatic rings. The SMILES string of the molecule is C=C(NC1CC1)C(C)C(C)C. The van der Waals surface area contributed by atoms with E-state index in [0.717, 1.165) is 6.04 Å². The molecule has 1 saturated carbocycles. The molecule has 1 rings (SSSR count). The van der Waals surface area contributed by atoms with Crippen LogP contribution in [0.4, 0.5) is 0 Å². The Kier molecular flexibility index (Phi) is 2.58. The lowest BCUT2D eigenvalue weighted by molar-refractivity contribution is 0.452. The molecule has 0 spiro atoms. The number of allylic oxidation sites excluding steroid dienone is 1. The quantitative estimate of drug-likeness (QED) is 0.654. The van der Waals surface area contributed by atoms with Crippen molar-refractivity contribution in [3.05, 3.63) is 12.3 Å². The zero-order valence-electron chi connectivity index (χ0n) is 7.85. The molecule has 0 aromatic carbocycles. The Morgan fingerprint density at radius 3 is 2.27 bits per heavy atom. The first-order chi connectivity index (χ1) is 5.11. The molecule has 0 aliphatic heterocycles. The smallest absolute Gasteiger partial charge is 0.0259 e. The van der Waals surface area contributed by atoms with Crippen LogP contribution in [0, 0.1) is 11.8 Å². The van der Waals surface area contributed by atoms with Gasteiger partial charge in [0.25, 0.3) is 0 Å². The predicted molar refractivity (Wildman–Crippen MR) is 49.3 cm³/mol. The van der Waals surface area contributed by atoms with Crippen molar-refractivity contribution in [2.75, 3.05) is 0 Å². The van der Waals surface area contributed by atoms with Crippen LogP contribution in [-0.4, -0.2) is 6.04 Å². The normalized spacial score (nSPS) is 20.0. The van der Waals surface area contributed by atoms with Crippen LogP contribution >= 0.6 is 0 Å². The molecule has 0 saturated heterocycles. The van der Waals surface area contributed by atoms with Gasteiger partial charge in [-0.2, -0.15) is 0 Å². The molecule has 1 unspecified atom stereocenters. The van der Waals surface area contributed by atoms with Crippen LogP contribution in [0.25, 0.3) is 0 Å². The van der Waals surface area contributed by atoms with E-state index in [9.17, 15) is 0 Å². The van der Waals surface area contributed by atoms with Crippen LogP contribution in [0.2, 0.25) is 0 Å². The first-order valence-corrected chi connectivity index (χ1v) is 4.56. The molecule has 1 heteroatoms. The van der Waals surface area contributed by atoms with Gasteiger partial charge in [0, 0.05) is 11.7 Å². The molecule has 0 amide bonds. The Balaban J connectivity index is 2.26. The molecule has 1 aliphatic carbocycles. The van der Waals surface area contributed by atoms with E-state index in [-0.39, 0.29) is 0 Å². The second-order valence-electron chi connectivity index (χ2n) is 3.98. The van der Waals surface area contributed by atoms with Crippen molar-refractivity contribution >= 4 is 0 Å². The van der Waals surface area contributed by atoms with E-state index in [4.69, 9.17) is 0 Å². The number of rotatable bonds is 4. The van der Waals surface area contributed by atoms with E-state index in [1.807, 2.05) is 0 Å². The molecule has 1 fully saturated rings. The third-order valence-corrected chi connectivity index (χ3v) is 2.52. The van der Waals surface area contributed by atoms with E-state index in [0.29, 0.717) is 11.8 Å². The molecule has 64 valence electrons. The van der Waals surface area contributed by atoms with Crippen molar-refractivity contribution in [3.8, 4) is 0 Å². The topological polar surface area (TPSA) is 12.0 Å². The Morgan fingerprint density at radius 2 is 1.91 bits per heavy atom. The van der Waals surface area contributed by atoms with E-state index in [1.54, 1.807) is 0 Å². The van der Waals surface area contributed by atoms with Gasteiger partial charge in [-0.05, 0) is 24.7 Å². The zero-order valence-corrected chi connectivity index (χ0v) is 7.85. The van der Waals surface area contributed by atoms with Gasteiger partial charge in [0.15, 0.2) is 0 Å². The van der Waals surface area contributed by atoms with E-state index >= 15 is 0 Å². The second-order valence-corrected chi connectivity index (χ2v) is 3.98. The highest BCUT2D eigenvalue weighted by Gasteiger charge is 2.23. The van der Waals surface area contributed by atoms with Crippen LogP contribution in [0.1, 0.15) is 33.6 Å². The van der Waals surface area contributed by atoms with Crippen molar-refractivity contribution < 1.29 is 0 Å². The summed E-state index contributed by atoms with van der Waals surface area (Å²) in [7, 11) is 0. The molecule has 0 bridgehead atoms. The third kappa shape index (κ3) is 2.57. The van der Waals surface area contributed by atoms with Crippen LogP contribution in [0.5, 0.6) is 0 Å². The van der Waals surface area contributed by atoms with E-state index < -0.39 is 0 Å². The maximum atomic E-state index is 4.04. The minimum absolute atomic E-state index is 0.607. The van der Waals surface area contributed by atoms with Gasteiger partial charge < -0.3 is 5.32 Å². The molecule has 11 heavy (non-hydrogen) atoms. The summed E-state index contributed by atoms with van der Waals surface area (Å²) >= 11 is 0. The molecule has 1 atom stereocenters. The number of hydrogen-bond donors (Lipinski definition) is 1. The Labute approximate surface area is 69.9 Å². The lowest BCUT2D eigenvalue weighted by atomic mass is 9.95. The predicted octanol–water partition coefficient (Wildman–Crippen LogP) is 2.54. The maximum Gasteiger partial charge on any atom is 0.0259 e.